The first-order valence-corrected chi connectivity index (χ1v) is 6.79. The molecule has 0 saturated carbocycles. The molecule has 0 bridgehead atoms. The summed E-state index contributed by atoms with van der Waals surface area (Å²) in [6.07, 6.45) is 0.694. The molecule has 7 heteroatoms. The van der Waals surface area contributed by atoms with Crippen LogP contribution in [0.2, 0.25) is 0 Å². The van der Waals surface area contributed by atoms with E-state index in [1.165, 1.54) is 6.07 Å². The largest absolute Gasteiger partial charge is 0.487 e. The maximum atomic E-state index is 11.0. The number of methoxy groups -OCH3 is 2. The van der Waals surface area contributed by atoms with Crippen LogP contribution in [0.25, 0.3) is 0 Å². The van der Waals surface area contributed by atoms with Gasteiger partial charge in [0.1, 0.15) is 0 Å². The Bertz CT molecular complexity index is 453. The van der Waals surface area contributed by atoms with Crippen LogP contribution >= 0.6 is 0 Å². The van der Waals surface area contributed by atoms with Crippen molar-refractivity contribution in [1.82, 2.24) is 0 Å². The standard InChI is InChI=1S/C14H22N2O5/c1-4-7-21-14-8-11(5-6-13(14)16(17)18)15-9-12(20-3)10-19-2/h5-6,8,12,15H,4,7,9-10H2,1-3H3. The number of nitro groups is 1. The first kappa shape index (κ1) is 17.2. The minimum atomic E-state index is -0.447. The highest BCUT2D eigenvalue weighted by Gasteiger charge is 2.16. The fourth-order valence-corrected chi connectivity index (χ4v) is 1.73. The maximum Gasteiger partial charge on any atom is 0.311 e. The van der Waals surface area contributed by atoms with E-state index in [-0.39, 0.29) is 17.5 Å². The van der Waals surface area contributed by atoms with Crippen LogP contribution in [0, 0.1) is 10.1 Å². The Morgan fingerprint density at radius 2 is 2.14 bits per heavy atom. The van der Waals surface area contributed by atoms with E-state index in [2.05, 4.69) is 5.32 Å². The monoisotopic (exact) mass is 298 g/mol. The molecule has 0 amide bonds. The molecule has 1 N–H and O–H groups in total. The molecule has 118 valence electrons. The van der Waals surface area contributed by atoms with Gasteiger partial charge >= 0.3 is 5.69 Å². The van der Waals surface area contributed by atoms with E-state index in [1.807, 2.05) is 6.92 Å². The highest BCUT2D eigenvalue weighted by Crippen LogP contribution is 2.30. The van der Waals surface area contributed by atoms with Crippen molar-refractivity contribution in [3.63, 3.8) is 0 Å². The Balaban J connectivity index is 2.76. The van der Waals surface area contributed by atoms with Gasteiger partial charge in [0.2, 0.25) is 0 Å². The summed E-state index contributed by atoms with van der Waals surface area (Å²) < 4.78 is 15.7. The Hall–Kier alpha value is -1.86. The minimum absolute atomic E-state index is 0.0332. The Morgan fingerprint density at radius 1 is 1.38 bits per heavy atom. The highest BCUT2D eigenvalue weighted by molar-refractivity contribution is 5.58. The van der Waals surface area contributed by atoms with E-state index >= 15 is 0 Å². The van der Waals surface area contributed by atoms with Crippen molar-refractivity contribution in [2.45, 2.75) is 19.4 Å². The molecule has 7 nitrogen and oxygen atoms in total. The smallest absolute Gasteiger partial charge is 0.311 e. The predicted octanol–water partition coefficient (Wildman–Crippen LogP) is 2.46. The zero-order chi connectivity index (χ0) is 15.7. The summed E-state index contributed by atoms with van der Waals surface area (Å²) in [4.78, 5) is 10.5. The van der Waals surface area contributed by atoms with Crippen LogP contribution in [0.1, 0.15) is 13.3 Å². The van der Waals surface area contributed by atoms with E-state index in [0.29, 0.717) is 19.8 Å². The van der Waals surface area contributed by atoms with Gasteiger partial charge in [-0.2, -0.15) is 0 Å². The van der Waals surface area contributed by atoms with Crippen LogP contribution in [0.5, 0.6) is 5.75 Å². The van der Waals surface area contributed by atoms with Crippen LogP contribution in [0.3, 0.4) is 0 Å². The van der Waals surface area contributed by atoms with Crippen LogP contribution in [0.4, 0.5) is 11.4 Å². The molecule has 1 unspecified atom stereocenters. The fourth-order valence-electron chi connectivity index (χ4n) is 1.73. The average molecular weight is 298 g/mol. The molecule has 1 atom stereocenters. The molecule has 0 fully saturated rings. The summed E-state index contributed by atoms with van der Waals surface area (Å²) in [6, 6.07) is 4.72. The lowest BCUT2D eigenvalue weighted by molar-refractivity contribution is -0.385. The van der Waals surface area contributed by atoms with Crippen LogP contribution in [-0.4, -0.2) is 45.0 Å². The number of hydrogen-bond acceptors (Lipinski definition) is 6. The Morgan fingerprint density at radius 3 is 2.71 bits per heavy atom. The van der Waals surface area contributed by atoms with E-state index < -0.39 is 4.92 Å². The summed E-state index contributed by atoms with van der Waals surface area (Å²) in [5, 5.41) is 14.1. The van der Waals surface area contributed by atoms with Gasteiger partial charge in [-0.15, -0.1) is 0 Å². The molecular weight excluding hydrogens is 276 g/mol. The van der Waals surface area contributed by atoms with Gasteiger partial charge in [0.05, 0.1) is 24.2 Å². The van der Waals surface area contributed by atoms with E-state index in [1.54, 1.807) is 26.4 Å². The van der Waals surface area contributed by atoms with E-state index in [0.717, 1.165) is 12.1 Å². The number of rotatable bonds is 10. The van der Waals surface area contributed by atoms with Gasteiger partial charge in [-0.1, -0.05) is 6.92 Å². The number of benzene rings is 1. The fraction of sp³-hybridized carbons (Fsp3) is 0.571. The molecule has 1 aromatic carbocycles. The molecule has 1 aromatic rings. The van der Waals surface area contributed by atoms with Crippen molar-refractivity contribution in [3.05, 3.63) is 28.3 Å². The van der Waals surface area contributed by atoms with E-state index in [9.17, 15) is 10.1 Å². The van der Waals surface area contributed by atoms with Gasteiger partial charge < -0.3 is 19.5 Å². The van der Waals surface area contributed by atoms with Crippen molar-refractivity contribution in [3.8, 4) is 5.75 Å². The quantitative estimate of drug-likeness (QED) is 0.528. The highest BCUT2D eigenvalue weighted by atomic mass is 16.6. The second kappa shape index (κ2) is 9.15. The van der Waals surface area contributed by atoms with Crippen molar-refractivity contribution in [1.29, 1.82) is 0 Å². The third-order valence-corrected chi connectivity index (χ3v) is 2.84. The minimum Gasteiger partial charge on any atom is -0.487 e. The van der Waals surface area contributed by atoms with E-state index in [4.69, 9.17) is 14.2 Å². The molecule has 0 aliphatic heterocycles. The summed E-state index contributed by atoms with van der Waals surface area (Å²) in [6.45, 7) is 3.39. The molecule has 0 aromatic heterocycles. The van der Waals surface area contributed by atoms with Gasteiger partial charge in [0.25, 0.3) is 0 Å². The zero-order valence-corrected chi connectivity index (χ0v) is 12.6. The molecule has 0 saturated heterocycles. The third kappa shape index (κ3) is 5.57. The van der Waals surface area contributed by atoms with Crippen molar-refractivity contribution in [2.75, 3.05) is 39.3 Å². The second-order valence-corrected chi connectivity index (χ2v) is 4.48. The first-order valence-electron chi connectivity index (χ1n) is 6.79. The summed E-state index contributed by atoms with van der Waals surface area (Å²) in [5.41, 5.74) is 0.707. The lowest BCUT2D eigenvalue weighted by Crippen LogP contribution is -2.26. The molecule has 0 spiro atoms. The van der Waals surface area contributed by atoms with Crippen LogP contribution < -0.4 is 10.1 Å². The lowest BCUT2D eigenvalue weighted by Gasteiger charge is -2.16. The normalized spacial score (nSPS) is 12.0. The number of ether oxygens (including phenoxy) is 3. The van der Waals surface area contributed by atoms with Crippen molar-refractivity contribution in [2.24, 2.45) is 0 Å². The van der Waals surface area contributed by atoms with Gasteiger partial charge in [-0.3, -0.25) is 10.1 Å². The molecule has 1 rings (SSSR count). The molecule has 21 heavy (non-hydrogen) atoms. The van der Waals surface area contributed by atoms with Crippen molar-refractivity contribution >= 4 is 11.4 Å². The summed E-state index contributed by atoms with van der Waals surface area (Å²) in [5.74, 6) is 0.271. The Labute approximate surface area is 124 Å². The summed E-state index contributed by atoms with van der Waals surface area (Å²) >= 11 is 0. The summed E-state index contributed by atoms with van der Waals surface area (Å²) in [7, 11) is 3.21. The predicted molar refractivity (Wildman–Crippen MR) is 80.0 cm³/mol. The van der Waals surface area contributed by atoms with Crippen LogP contribution in [-0.2, 0) is 9.47 Å². The second-order valence-electron chi connectivity index (χ2n) is 4.48. The number of nitrogens with one attached hydrogen (secondary N) is 1. The number of nitro benzene ring substituents is 1. The number of nitrogens with zero attached hydrogens (tertiary/aromatic N) is 1. The lowest BCUT2D eigenvalue weighted by atomic mass is 10.2. The number of hydrogen-bond donors (Lipinski definition) is 1. The van der Waals surface area contributed by atoms with Crippen LogP contribution in [0.15, 0.2) is 18.2 Å². The molecule has 0 aliphatic rings. The van der Waals surface area contributed by atoms with Gasteiger partial charge in [0.15, 0.2) is 5.75 Å². The first-order chi connectivity index (χ1) is 10.1. The van der Waals surface area contributed by atoms with Gasteiger partial charge in [-0.25, -0.2) is 0 Å². The van der Waals surface area contributed by atoms with Gasteiger partial charge in [-0.05, 0) is 12.5 Å². The van der Waals surface area contributed by atoms with Crippen molar-refractivity contribution < 1.29 is 19.1 Å². The molecule has 0 aliphatic carbocycles. The Kier molecular flexibility index (Phi) is 7.49. The third-order valence-electron chi connectivity index (χ3n) is 2.84. The molecular formula is C14H22N2O5. The number of anilines is 1. The molecule has 0 heterocycles. The SMILES string of the molecule is CCCOc1cc(NCC(COC)OC)ccc1[N+](=O)[O-]. The zero-order valence-electron chi connectivity index (χ0n) is 12.6. The average Bonchev–Trinajstić information content (AvgIpc) is 2.49. The maximum absolute atomic E-state index is 11.0. The van der Waals surface area contributed by atoms with Gasteiger partial charge in [0, 0.05) is 38.6 Å². The topological polar surface area (TPSA) is 82.9 Å². The molecule has 0 radical (unpaired) electrons.